The van der Waals surface area contributed by atoms with Crippen molar-refractivity contribution in [3.8, 4) is 0 Å². The van der Waals surface area contributed by atoms with E-state index in [4.69, 9.17) is 5.73 Å². The molecule has 0 fully saturated rings. The average molecular weight is 182 g/mol. The molecule has 4 heteroatoms. The first-order chi connectivity index (χ1) is 6.09. The monoisotopic (exact) mass is 182 g/mol. The first-order valence-electron chi connectivity index (χ1n) is 4.65. The largest absolute Gasteiger partial charge is 0.330 e. The van der Waals surface area contributed by atoms with Crippen LogP contribution >= 0.6 is 0 Å². The van der Waals surface area contributed by atoms with E-state index in [2.05, 4.69) is 24.2 Å². The molecule has 0 spiro atoms. The van der Waals surface area contributed by atoms with E-state index in [1.165, 1.54) is 0 Å². The molecule has 0 aromatic carbocycles. The van der Waals surface area contributed by atoms with Gasteiger partial charge in [-0.05, 0) is 24.8 Å². The van der Waals surface area contributed by atoms with Gasteiger partial charge in [-0.25, -0.2) is 0 Å². The SMILES string of the molecule is CCC(C)(CN)Cc1cn(C)nn1. The van der Waals surface area contributed by atoms with Crippen LogP contribution in [0.1, 0.15) is 26.0 Å². The topological polar surface area (TPSA) is 56.7 Å². The van der Waals surface area contributed by atoms with E-state index in [9.17, 15) is 0 Å². The van der Waals surface area contributed by atoms with E-state index in [0.29, 0.717) is 6.54 Å². The fraction of sp³-hybridized carbons (Fsp3) is 0.778. The fourth-order valence-electron chi connectivity index (χ4n) is 1.26. The van der Waals surface area contributed by atoms with Crippen molar-refractivity contribution in [1.29, 1.82) is 0 Å². The van der Waals surface area contributed by atoms with E-state index in [1.54, 1.807) is 4.68 Å². The van der Waals surface area contributed by atoms with Crippen LogP contribution in [0.2, 0.25) is 0 Å². The Labute approximate surface area is 79.1 Å². The average Bonchev–Trinajstić information content (AvgIpc) is 2.51. The minimum Gasteiger partial charge on any atom is -0.330 e. The molecule has 74 valence electrons. The molecule has 13 heavy (non-hydrogen) atoms. The second-order valence-electron chi connectivity index (χ2n) is 3.93. The minimum absolute atomic E-state index is 0.163. The highest BCUT2D eigenvalue weighted by Gasteiger charge is 2.21. The fourth-order valence-corrected chi connectivity index (χ4v) is 1.26. The molecule has 0 radical (unpaired) electrons. The highest BCUT2D eigenvalue weighted by molar-refractivity contribution is 4.97. The molecule has 1 heterocycles. The van der Waals surface area contributed by atoms with Gasteiger partial charge in [-0.2, -0.15) is 0 Å². The van der Waals surface area contributed by atoms with Gasteiger partial charge in [-0.3, -0.25) is 4.68 Å². The zero-order valence-corrected chi connectivity index (χ0v) is 8.62. The lowest BCUT2D eigenvalue weighted by Crippen LogP contribution is -2.28. The molecule has 0 saturated heterocycles. The van der Waals surface area contributed by atoms with Crippen molar-refractivity contribution in [1.82, 2.24) is 15.0 Å². The summed E-state index contributed by atoms with van der Waals surface area (Å²) in [7, 11) is 1.88. The van der Waals surface area contributed by atoms with Crippen LogP contribution in [0.3, 0.4) is 0 Å². The zero-order chi connectivity index (χ0) is 9.90. The minimum atomic E-state index is 0.163. The Hall–Kier alpha value is -0.900. The van der Waals surface area contributed by atoms with Crippen LogP contribution in [0.15, 0.2) is 6.20 Å². The summed E-state index contributed by atoms with van der Waals surface area (Å²) in [6.45, 7) is 5.03. The van der Waals surface area contributed by atoms with Crippen LogP contribution in [0.4, 0.5) is 0 Å². The van der Waals surface area contributed by atoms with Crippen molar-refractivity contribution in [3.05, 3.63) is 11.9 Å². The van der Waals surface area contributed by atoms with Crippen LogP contribution < -0.4 is 5.73 Å². The molecule has 4 nitrogen and oxygen atoms in total. The highest BCUT2D eigenvalue weighted by atomic mass is 15.4. The Bertz CT molecular complexity index is 262. The maximum absolute atomic E-state index is 5.72. The van der Waals surface area contributed by atoms with Gasteiger partial charge in [0.2, 0.25) is 0 Å². The summed E-state index contributed by atoms with van der Waals surface area (Å²) >= 11 is 0. The molecular weight excluding hydrogens is 164 g/mol. The maximum Gasteiger partial charge on any atom is 0.0832 e. The number of hydrogen-bond donors (Lipinski definition) is 1. The maximum atomic E-state index is 5.72. The van der Waals surface area contributed by atoms with Crippen molar-refractivity contribution >= 4 is 0 Å². The first-order valence-corrected chi connectivity index (χ1v) is 4.65. The third-order valence-electron chi connectivity index (χ3n) is 2.60. The Morgan fingerprint density at radius 1 is 1.62 bits per heavy atom. The second-order valence-corrected chi connectivity index (χ2v) is 3.93. The Morgan fingerprint density at radius 2 is 2.31 bits per heavy atom. The summed E-state index contributed by atoms with van der Waals surface area (Å²) in [6.07, 6.45) is 3.93. The van der Waals surface area contributed by atoms with Crippen molar-refractivity contribution in [2.24, 2.45) is 18.2 Å². The lowest BCUT2D eigenvalue weighted by atomic mass is 9.83. The Kier molecular flexibility index (Phi) is 3.03. The van der Waals surface area contributed by atoms with E-state index >= 15 is 0 Å². The van der Waals surface area contributed by atoms with Crippen molar-refractivity contribution < 1.29 is 0 Å². The molecule has 0 saturated carbocycles. The van der Waals surface area contributed by atoms with Gasteiger partial charge in [-0.15, -0.1) is 5.10 Å². The molecule has 1 rings (SSSR count). The summed E-state index contributed by atoms with van der Waals surface area (Å²) in [5.74, 6) is 0. The van der Waals surface area contributed by atoms with Gasteiger partial charge in [0.05, 0.1) is 5.69 Å². The summed E-state index contributed by atoms with van der Waals surface area (Å²) in [6, 6.07) is 0. The van der Waals surface area contributed by atoms with Crippen molar-refractivity contribution in [2.45, 2.75) is 26.7 Å². The summed E-state index contributed by atoms with van der Waals surface area (Å²) < 4.78 is 1.72. The predicted molar refractivity (Wildman–Crippen MR) is 52.2 cm³/mol. The van der Waals surface area contributed by atoms with E-state index in [0.717, 1.165) is 18.5 Å². The lowest BCUT2D eigenvalue weighted by Gasteiger charge is -2.24. The summed E-state index contributed by atoms with van der Waals surface area (Å²) in [5.41, 5.74) is 6.91. The van der Waals surface area contributed by atoms with Crippen LogP contribution in [-0.2, 0) is 13.5 Å². The standard InChI is InChI=1S/C9H18N4/c1-4-9(2,7-10)5-8-6-13(3)12-11-8/h6H,4-5,7,10H2,1-3H3. The van der Waals surface area contributed by atoms with E-state index in [-0.39, 0.29) is 5.41 Å². The zero-order valence-electron chi connectivity index (χ0n) is 8.62. The molecule has 1 aromatic rings. The molecule has 1 unspecified atom stereocenters. The smallest absolute Gasteiger partial charge is 0.0832 e. The predicted octanol–water partition coefficient (Wildman–Crippen LogP) is 0.733. The van der Waals surface area contributed by atoms with Gasteiger partial charge >= 0.3 is 0 Å². The number of nitrogens with two attached hydrogens (primary N) is 1. The highest BCUT2D eigenvalue weighted by Crippen LogP contribution is 2.23. The molecular formula is C9H18N4. The molecule has 1 aromatic heterocycles. The van der Waals surface area contributed by atoms with Crippen molar-refractivity contribution in [2.75, 3.05) is 6.54 Å². The van der Waals surface area contributed by atoms with Gasteiger partial charge in [-0.1, -0.05) is 19.1 Å². The molecule has 0 aliphatic heterocycles. The lowest BCUT2D eigenvalue weighted by molar-refractivity contribution is 0.317. The number of nitrogens with zero attached hydrogens (tertiary/aromatic N) is 3. The molecule has 2 N–H and O–H groups in total. The third kappa shape index (κ3) is 2.52. The van der Waals surface area contributed by atoms with Crippen LogP contribution in [-0.4, -0.2) is 21.5 Å². The Balaban J connectivity index is 2.67. The number of hydrogen-bond acceptors (Lipinski definition) is 3. The van der Waals surface area contributed by atoms with E-state index in [1.807, 2.05) is 13.2 Å². The van der Waals surface area contributed by atoms with Gasteiger partial charge in [0.1, 0.15) is 0 Å². The first kappa shape index (κ1) is 10.2. The quantitative estimate of drug-likeness (QED) is 0.747. The summed E-state index contributed by atoms with van der Waals surface area (Å²) in [5, 5.41) is 7.95. The van der Waals surface area contributed by atoms with E-state index < -0.39 is 0 Å². The van der Waals surface area contributed by atoms with Gasteiger partial charge in [0, 0.05) is 13.2 Å². The molecule has 0 aliphatic carbocycles. The molecule has 0 amide bonds. The van der Waals surface area contributed by atoms with Crippen LogP contribution in [0, 0.1) is 5.41 Å². The number of aryl methyl sites for hydroxylation is 1. The number of rotatable bonds is 4. The second kappa shape index (κ2) is 3.87. The third-order valence-corrected chi connectivity index (χ3v) is 2.60. The normalized spacial score (nSPS) is 15.7. The summed E-state index contributed by atoms with van der Waals surface area (Å²) in [4.78, 5) is 0. The molecule has 0 bridgehead atoms. The molecule has 1 atom stereocenters. The molecule has 0 aliphatic rings. The van der Waals surface area contributed by atoms with Gasteiger partial charge in [0.25, 0.3) is 0 Å². The van der Waals surface area contributed by atoms with Crippen LogP contribution in [0.5, 0.6) is 0 Å². The Morgan fingerprint density at radius 3 is 2.69 bits per heavy atom. The van der Waals surface area contributed by atoms with Gasteiger partial charge in [0.15, 0.2) is 0 Å². The number of aromatic nitrogens is 3. The van der Waals surface area contributed by atoms with Gasteiger partial charge < -0.3 is 5.73 Å². The van der Waals surface area contributed by atoms with Crippen LogP contribution in [0.25, 0.3) is 0 Å². The van der Waals surface area contributed by atoms with Crippen molar-refractivity contribution in [3.63, 3.8) is 0 Å².